The Morgan fingerprint density at radius 3 is 1.00 bits per heavy atom. The van der Waals surface area contributed by atoms with Crippen molar-refractivity contribution in [3.05, 3.63) is 41.5 Å². The van der Waals surface area contributed by atoms with Crippen molar-refractivity contribution in [2.24, 2.45) is 0 Å². The molecule has 0 amide bonds. The van der Waals surface area contributed by atoms with E-state index in [0.29, 0.717) is 0 Å². The molecule has 0 aliphatic heterocycles. The minimum Gasteiger partial charge on any atom is 4.00 e. The Morgan fingerprint density at radius 1 is 0.714 bits per heavy atom. The minimum absolute atomic E-state index is 0. The first-order valence-corrected chi connectivity index (χ1v) is 13.4. The molecule has 0 saturated heterocycles. The Bertz CT molecular complexity index is 238. The molecule has 1 aromatic carbocycles. The smallest absolute Gasteiger partial charge is 4.00 e. The summed E-state index contributed by atoms with van der Waals surface area (Å²) in [7, 11) is 0. The predicted octanol–water partition coefficient (Wildman–Crippen LogP) is 5.44. The van der Waals surface area contributed by atoms with E-state index in [-0.39, 0.29) is 44.0 Å². The maximum absolute atomic E-state index is 6.58. The summed E-state index contributed by atoms with van der Waals surface area (Å²) in [5.74, 6) is 4.78. The first-order chi connectivity index (χ1) is 9.00. The fourth-order valence-electron chi connectivity index (χ4n) is 0.774. The van der Waals surface area contributed by atoms with Crippen LogP contribution in [0.4, 0.5) is 0 Å². The average molecular weight is 521 g/mol. The number of hydrogen-bond acceptors (Lipinski definition) is 0. The molecule has 0 fully saturated rings. The fraction of sp³-hybridized carbons (Fsp3) is 0.688. The van der Waals surface area contributed by atoms with Crippen molar-refractivity contribution < 1.29 is 25.8 Å². The second kappa shape index (κ2) is 20.6. The number of rotatable bonds is 1. The molecule has 21 heavy (non-hydrogen) atoms. The van der Waals surface area contributed by atoms with Crippen LogP contribution in [0.5, 0.6) is 0 Å². The van der Waals surface area contributed by atoms with Gasteiger partial charge in [-0.3, -0.25) is 0 Å². The second-order valence-corrected chi connectivity index (χ2v) is 12.1. The monoisotopic (exact) mass is 523 g/mol. The van der Waals surface area contributed by atoms with Gasteiger partial charge in [-0.1, -0.05) is 41.5 Å². The van der Waals surface area contributed by atoms with E-state index in [9.17, 15) is 0 Å². The van der Waals surface area contributed by atoms with Gasteiger partial charge in [-0.05, 0) is 0 Å². The molecule has 0 unspecified atom stereocenters. The van der Waals surface area contributed by atoms with Crippen molar-refractivity contribution in [1.82, 2.24) is 0 Å². The summed E-state index contributed by atoms with van der Waals surface area (Å²) in [6.07, 6.45) is 0. The molecule has 0 atom stereocenters. The fourth-order valence-corrected chi connectivity index (χ4v) is 2.86. The number of nitrogens with one attached hydrogen (secondary N) is 3. The van der Waals surface area contributed by atoms with Gasteiger partial charge in [0.2, 0.25) is 0 Å². The molecule has 1 aromatic rings. The van der Waals surface area contributed by atoms with E-state index in [4.69, 9.17) is 17.2 Å². The first kappa shape index (κ1) is 29.6. The molecule has 0 bridgehead atoms. The molecule has 0 aliphatic carbocycles. The van der Waals surface area contributed by atoms with Crippen molar-refractivity contribution in [1.29, 1.82) is 0 Å². The van der Waals surface area contributed by atoms with Gasteiger partial charge in [-0.2, -0.15) is 0 Å². The van der Waals surface area contributed by atoms with Crippen LogP contribution in [0.3, 0.4) is 0 Å². The molecule has 0 radical (unpaired) electrons. The third-order valence-corrected chi connectivity index (χ3v) is 4.96. The van der Waals surface area contributed by atoms with Gasteiger partial charge in [0.25, 0.3) is 0 Å². The van der Waals surface area contributed by atoms with Crippen molar-refractivity contribution in [2.75, 3.05) is 0 Å². The summed E-state index contributed by atoms with van der Waals surface area (Å²) in [4.78, 5) is 0. The predicted molar refractivity (Wildman–Crippen MR) is 98.9 cm³/mol. The van der Waals surface area contributed by atoms with Gasteiger partial charge in [-0.15, -0.1) is 18.1 Å². The van der Waals surface area contributed by atoms with Gasteiger partial charge < -0.3 is 17.2 Å². The summed E-state index contributed by atoms with van der Waals surface area (Å²) < 4.78 is 1.62. The zero-order valence-corrected chi connectivity index (χ0v) is 21.1. The van der Waals surface area contributed by atoms with Gasteiger partial charge >= 0.3 is 80.4 Å². The van der Waals surface area contributed by atoms with Crippen LogP contribution in [0.25, 0.3) is 17.2 Å². The van der Waals surface area contributed by atoms with Crippen molar-refractivity contribution in [3.8, 4) is 0 Å². The standard InChI is InChI=1S/C7H11Ge.3C3H8N.Hf/c1-8(2)7-5-3-4-6-7;3*1-3(2)4;/h3-6,8H,1-2H3;3*3-4H,1-2H3;/q4*-1;+4. The molecule has 3 nitrogen and oxygen atoms in total. The summed E-state index contributed by atoms with van der Waals surface area (Å²) in [5.41, 5.74) is 19.8. The Kier molecular flexibility index (Phi) is 29.1. The maximum atomic E-state index is 6.58. The van der Waals surface area contributed by atoms with E-state index < -0.39 is 14.3 Å². The summed E-state index contributed by atoms with van der Waals surface area (Å²) in [6, 6.07) is 8.98. The normalized spacial score (nSPS) is 9.10. The van der Waals surface area contributed by atoms with E-state index in [1.165, 1.54) is 0 Å². The Morgan fingerprint density at radius 2 is 0.905 bits per heavy atom. The Hall–Kier alpha value is 0.643. The van der Waals surface area contributed by atoms with E-state index in [1.54, 1.807) is 4.40 Å². The minimum atomic E-state index is -0.888. The van der Waals surface area contributed by atoms with Gasteiger partial charge in [0.1, 0.15) is 0 Å². The third kappa shape index (κ3) is 52.9. The van der Waals surface area contributed by atoms with Crippen LogP contribution in [0.15, 0.2) is 24.3 Å². The Labute approximate surface area is 156 Å². The van der Waals surface area contributed by atoms with E-state index in [0.717, 1.165) is 0 Å². The van der Waals surface area contributed by atoms with Crippen molar-refractivity contribution in [2.45, 2.75) is 71.2 Å². The Balaban J connectivity index is -0.0000000973. The molecular formula is C16H35GeHfN3. The molecule has 0 heterocycles. The van der Waals surface area contributed by atoms with E-state index >= 15 is 0 Å². The molecule has 122 valence electrons. The van der Waals surface area contributed by atoms with E-state index in [2.05, 4.69) is 35.8 Å². The topological polar surface area (TPSA) is 71.4 Å². The van der Waals surface area contributed by atoms with Gasteiger partial charge in [0.15, 0.2) is 0 Å². The first-order valence-electron chi connectivity index (χ1n) is 7.35. The zero-order chi connectivity index (χ0) is 16.7. The second-order valence-electron chi connectivity index (χ2n) is 5.84. The SMILES string of the molecule is CC(C)[NH-].CC(C)[NH-].CC(C)[NH-].[CH3][GeH]([CH3])[c-]1cccc1.[Hf+4]. The van der Waals surface area contributed by atoms with Crippen LogP contribution in [-0.2, 0) is 25.8 Å². The average Bonchev–Trinajstić information content (AvgIpc) is 2.66. The molecule has 5 heteroatoms. The van der Waals surface area contributed by atoms with Gasteiger partial charge in [-0.25, -0.2) is 0 Å². The van der Waals surface area contributed by atoms with Crippen LogP contribution in [-0.4, -0.2) is 32.5 Å². The van der Waals surface area contributed by atoms with Gasteiger partial charge in [0.05, 0.1) is 0 Å². The quantitative estimate of drug-likeness (QED) is 0.350. The van der Waals surface area contributed by atoms with Crippen LogP contribution in [0.2, 0.25) is 11.5 Å². The van der Waals surface area contributed by atoms with Crippen LogP contribution in [0.1, 0.15) is 41.5 Å². The van der Waals surface area contributed by atoms with Gasteiger partial charge in [0, 0.05) is 0 Å². The summed E-state index contributed by atoms with van der Waals surface area (Å²) >= 11 is -0.888. The molecule has 0 spiro atoms. The molecule has 0 aliphatic rings. The molecule has 0 aromatic heterocycles. The van der Waals surface area contributed by atoms with Crippen LogP contribution in [0, 0.1) is 0 Å². The van der Waals surface area contributed by atoms with Crippen LogP contribution >= 0.6 is 0 Å². The van der Waals surface area contributed by atoms with Crippen LogP contribution < -0.4 is 4.40 Å². The molecule has 3 N–H and O–H groups in total. The van der Waals surface area contributed by atoms with E-state index in [1.807, 2.05) is 41.5 Å². The van der Waals surface area contributed by atoms with Crippen molar-refractivity contribution >= 4 is 18.7 Å². The molecule has 0 saturated carbocycles. The molecular weight excluding hydrogens is 485 g/mol. The summed E-state index contributed by atoms with van der Waals surface area (Å²) in [6.45, 7) is 11.0. The molecule has 1 rings (SSSR count). The maximum Gasteiger partial charge on any atom is 4.00 e. The third-order valence-electron chi connectivity index (χ3n) is 1.36. The van der Waals surface area contributed by atoms with Crippen molar-refractivity contribution in [3.63, 3.8) is 0 Å². The summed E-state index contributed by atoms with van der Waals surface area (Å²) in [5, 5.41) is 0. The number of hydrogen-bond donors (Lipinski definition) is 0. The largest absolute Gasteiger partial charge is 4.00 e. The zero-order valence-electron chi connectivity index (χ0n) is 15.1.